The fourth-order valence-electron chi connectivity index (χ4n) is 5.27. The minimum absolute atomic E-state index is 0.0624. The molecule has 0 aliphatic carbocycles. The number of nitrogens with zero attached hydrogens (tertiary/aromatic N) is 2. The normalized spacial score (nSPS) is 17.5. The number of hydrogen-bond donors (Lipinski definition) is 1. The highest BCUT2D eigenvalue weighted by atomic mass is 35.5. The van der Waals surface area contributed by atoms with Crippen molar-refractivity contribution in [1.29, 1.82) is 0 Å². The van der Waals surface area contributed by atoms with E-state index in [1.54, 1.807) is 11.0 Å². The molecule has 4 rings (SSSR count). The number of halogens is 1. The molecule has 1 saturated heterocycles. The van der Waals surface area contributed by atoms with Crippen LogP contribution in [-0.2, 0) is 19.1 Å². The summed E-state index contributed by atoms with van der Waals surface area (Å²) in [7, 11) is 1.24. The number of piperazine rings is 1. The van der Waals surface area contributed by atoms with E-state index < -0.39 is 11.9 Å². The number of anilines is 1. The fourth-order valence-corrected chi connectivity index (χ4v) is 5.44. The molecule has 0 radical (unpaired) electrons. The number of hydrogen-bond acceptors (Lipinski definition) is 6. The van der Waals surface area contributed by atoms with Gasteiger partial charge in [-0.25, -0.2) is 4.79 Å². The van der Waals surface area contributed by atoms with Gasteiger partial charge >= 0.3 is 5.97 Å². The molecule has 2 atom stereocenters. The molecule has 0 spiro atoms. The Morgan fingerprint density at radius 1 is 0.900 bits per heavy atom. The van der Waals surface area contributed by atoms with Crippen LogP contribution in [-0.4, -0.2) is 73.1 Å². The number of benzene rings is 3. The molecule has 3 aromatic carbocycles. The van der Waals surface area contributed by atoms with Gasteiger partial charge < -0.3 is 19.7 Å². The van der Waals surface area contributed by atoms with Crippen molar-refractivity contribution in [3.05, 3.63) is 101 Å². The molecule has 1 N–H and O–H groups in total. The average molecular weight is 564 g/mol. The Morgan fingerprint density at radius 2 is 1.48 bits per heavy atom. The molecule has 0 aromatic heterocycles. The summed E-state index contributed by atoms with van der Waals surface area (Å²) in [6, 6.07) is 25.5. The zero-order valence-corrected chi connectivity index (χ0v) is 23.6. The molecule has 0 bridgehead atoms. The quantitative estimate of drug-likeness (QED) is 0.377. The van der Waals surface area contributed by atoms with Crippen molar-refractivity contribution >= 4 is 35.1 Å². The summed E-state index contributed by atoms with van der Waals surface area (Å²) < 4.78 is 10.2. The third kappa shape index (κ3) is 7.07. The van der Waals surface area contributed by atoms with Gasteiger partial charge in [-0.3, -0.25) is 14.5 Å². The lowest BCUT2D eigenvalue weighted by Crippen LogP contribution is -2.59. The van der Waals surface area contributed by atoms with Gasteiger partial charge in [0.2, 0.25) is 11.8 Å². The zero-order valence-electron chi connectivity index (χ0n) is 22.9. The van der Waals surface area contributed by atoms with Crippen molar-refractivity contribution in [3.8, 4) is 0 Å². The Kier molecular flexibility index (Phi) is 9.93. The van der Waals surface area contributed by atoms with Crippen LogP contribution in [0, 0.1) is 0 Å². The number of methoxy groups -OCH3 is 1. The Hall–Kier alpha value is -3.72. The predicted molar refractivity (Wildman–Crippen MR) is 154 cm³/mol. The topological polar surface area (TPSA) is 88.2 Å². The van der Waals surface area contributed by atoms with Gasteiger partial charge in [0.25, 0.3) is 0 Å². The van der Waals surface area contributed by atoms with Crippen LogP contribution in [0.2, 0.25) is 5.02 Å². The Balaban J connectivity index is 1.35. The molecule has 1 aliphatic rings. The molecular weight excluding hydrogens is 530 g/mol. The first-order chi connectivity index (χ1) is 19.3. The van der Waals surface area contributed by atoms with E-state index >= 15 is 0 Å². The first-order valence-electron chi connectivity index (χ1n) is 13.2. The minimum atomic E-state index is -0.627. The van der Waals surface area contributed by atoms with E-state index in [1.807, 2.05) is 12.1 Å². The highest BCUT2D eigenvalue weighted by Gasteiger charge is 2.37. The average Bonchev–Trinajstić information content (AvgIpc) is 2.96. The lowest BCUT2D eigenvalue weighted by molar-refractivity contribution is -0.142. The Labute approximate surface area is 239 Å². The SMILES string of the molecule is COC(=O)c1cc(Cl)ccc1NC(=O)COCC(=O)N1C[C@@H](C)N(C(c2ccccc2)c2ccccc2)[C@@H](C)C1. The van der Waals surface area contributed by atoms with Crippen molar-refractivity contribution < 1.29 is 23.9 Å². The summed E-state index contributed by atoms with van der Waals surface area (Å²) >= 11 is 5.97. The summed E-state index contributed by atoms with van der Waals surface area (Å²) in [5.74, 6) is -1.30. The van der Waals surface area contributed by atoms with Crippen molar-refractivity contribution in [2.24, 2.45) is 0 Å². The van der Waals surface area contributed by atoms with Gasteiger partial charge in [-0.05, 0) is 43.2 Å². The second-order valence-corrected chi connectivity index (χ2v) is 10.3. The van der Waals surface area contributed by atoms with Gasteiger partial charge in [-0.15, -0.1) is 0 Å². The standard InChI is InChI=1S/C31H34ClN3O5/c1-21-17-34(18-22(2)35(21)30(23-10-6-4-7-11-23)24-12-8-5-9-13-24)29(37)20-40-19-28(36)33-27-15-14-25(32)16-26(27)31(38)39-3/h4-16,21-22,30H,17-20H2,1-3H3,(H,33,36)/t21-,22+. The van der Waals surface area contributed by atoms with Gasteiger partial charge in [-0.1, -0.05) is 72.3 Å². The summed E-state index contributed by atoms with van der Waals surface area (Å²) in [4.78, 5) is 41.8. The maximum Gasteiger partial charge on any atom is 0.340 e. The third-order valence-corrected chi connectivity index (χ3v) is 7.22. The third-order valence-electron chi connectivity index (χ3n) is 6.99. The van der Waals surface area contributed by atoms with Crippen LogP contribution in [0.3, 0.4) is 0 Å². The molecule has 0 unspecified atom stereocenters. The van der Waals surface area contributed by atoms with Crippen LogP contribution in [0.15, 0.2) is 78.9 Å². The Morgan fingerprint density at radius 3 is 2.02 bits per heavy atom. The molecule has 9 heteroatoms. The van der Waals surface area contributed by atoms with Crippen molar-refractivity contribution in [2.75, 3.05) is 38.7 Å². The summed E-state index contributed by atoms with van der Waals surface area (Å²) in [6.07, 6.45) is 0. The van der Waals surface area contributed by atoms with E-state index in [-0.39, 0.29) is 48.5 Å². The minimum Gasteiger partial charge on any atom is -0.465 e. The molecule has 3 aromatic rings. The van der Waals surface area contributed by atoms with E-state index in [1.165, 1.54) is 30.4 Å². The second kappa shape index (κ2) is 13.6. The maximum absolute atomic E-state index is 13.0. The molecular formula is C31H34ClN3O5. The van der Waals surface area contributed by atoms with Crippen LogP contribution in [0.25, 0.3) is 0 Å². The monoisotopic (exact) mass is 563 g/mol. The largest absolute Gasteiger partial charge is 0.465 e. The van der Waals surface area contributed by atoms with E-state index in [0.29, 0.717) is 18.1 Å². The van der Waals surface area contributed by atoms with Gasteiger partial charge in [0.15, 0.2) is 0 Å². The number of rotatable bonds is 9. The molecule has 0 saturated carbocycles. The second-order valence-electron chi connectivity index (χ2n) is 9.89. The lowest BCUT2D eigenvalue weighted by Gasteiger charge is -2.48. The lowest BCUT2D eigenvalue weighted by atomic mass is 9.92. The number of ether oxygens (including phenoxy) is 2. The van der Waals surface area contributed by atoms with Crippen molar-refractivity contribution in [3.63, 3.8) is 0 Å². The van der Waals surface area contributed by atoms with E-state index in [0.717, 1.165) is 0 Å². The number of esters is 1. The number of nitrogens with one attached hydrogen (secondary N) is 1. The van der Waals surface area contributed by atoms with Crippen LogP contribution in [0.1, 0.15) is 41.4 Å². The van der Waals surface area contributed by atoms with Gasteiger partial charge in [-0.2, -0.15) is 0 Å². The smallest absolute Gasteiger partial charge is 0.340 e. The van der Waals surface area contributed by atoms with Gasteiger partial charge in [0.1, 0.15) is 13.2 Å². The summed E-state index contributed by atoms with van der Waals surface area (Å²) in [5, 5.41) is 2.95. The molecule has 210 valence electrons. The van der Waals surface area contributed by atoms with Gasteiger partial charge in [0.05, 0.1) is 24.4 Å². The van der Waals surface area contributed by atoms with Gasteiger partial charge in [0, 0.05) is 30.2 Å². The van der Waals surface area contributed by atoms with Crippen molar-refractivity contribution in [2.45, 2.75) is 32.0 Å². The zero-order chi connectivity index (χ0) is 28.6. The van der Waals surface area contributed by atoms with Crippen LogP contribution in [0.5, 0.6) is 0 Å². The molecule has 1 heterocycles. The molecule has 1 aliphatic heterocycles. The van der Waals surface area contributed by atoms with E-state index in [9.17, 15) is 14.4 Å². The Bertz CT molecular complexity index is 1270. The number of carbonyl (C=O) groups is 3. The number of carbonyl (C=O) groups excluding carboxylic acids is 3. The predicted octanol–water partition coefficient (Wildman–Crippen LogP) is 4.79. The van der Waals surface area contributed by atoms with E-state index in [4.69, 9.17) is 21.1 Å². The first kappa shape index (κ1) is 29.3. The van der Waals surface area contributed by atoms with E-state index in [2.05, 4.69) is 72.6 Å². The van der Waals surface area contributed by atoms with Crippen molar-refractivity contribution in [1.82, 2.24) is 9.80 Å². The molecule has 2 amide bonds. The summed E-state index contributed by atoms with van der Waals surface area (Å²) in [6.45, 7) is 4.79. The fraction of sp³-hybridized carbons (Fsp3) is 0.323. The first-order valence-corrected chi connectivity index (χ1v) is 13.6. The highest BCUT2D eigenvalue weighted by molar-refractivity contribution is 6.31. The highest BCUT2D eigenvalue weighted by Crippen LogP contribution is 2.34. The van der Waals surface area contributed by atoms with Crippen LogP contribution < -0.4 is 5.32 Å². The molecule has 40 heavy (non-hydrogen) atoms. The number of amides is 2. The molecule has 8 nitrogen and oxygen atoms in total. The van der Waals surface area contributed by atoms with Crippen LogP contribution >= 0.6 is 11.6 Å². The maximum atomic E-state index is 13.0. The molecule has 1 fully saturated rings. The summed E-state index contributed by atoms with van der Waals surface area (Å²) in [5.41, 5.74) is 2.79. The van der Waals surface area contributed by atoms with Crippen LogP contribution in [0.4, 0.5) is 5.69 Å².